The lowest BCUT2D eigenvalue weighted by Crippen LogP contribution is -2.29. The van der Waals surface area contributed by atoms with E-state index in [1.165, 1.54) is 4.88 Å². The van der Waals surface area contributed by atoms with Crippen LogP contribution in [0.4, 0.5) is 0 Å². The number of aryl methyl sites for hydroxylation is 1. The van der Waals surface area contributed by atoms with E-state index in [2.05, 4.69) is 16.8 Å². The molecule has 21 heavy (non-hydrogen) atoms. The number of likely N-dealkylation sites (tertiary alicyclic amines) is 1. The molecule has 0 radical (unpaired) electrons. The molecule has 2 saturated heterocycles. The zero-order valence-corrected chi connectivity index (χ0v) is 13.7. The van der Waals surface area contributed by atoms with Gasteiger partial charge in [-0.3, -0.25) is 9.69 Å². The number of hydrogen-bond donors (Lipinski definition) is 0. The lowest BCUT2D eigenvalue weighted by Gasteiger charge is -2.19. The van der Waals surface area contributed by atoms with Crippen molar-refractivity contribution in [3.05, 3.63) is 16.1 Å². The molecule has 3 atom stereocenters. The Balaban J connectivity index is 1.50. The van der Waals surface area contributed by atoms with Gasteiger partial charge < -0.3 is 9.64 Å². The molecule has 3 rings (SSSR count). The number of carbonyl (C=O) groups excluding carboxylic acids is 1. The molecule has 0 spiro atoms. The van der Waals surface area contributed by atoms with Crippen molar-refractivity contribution < 1.29 is 9.53 Å². The Bertz CT molecular complexity index is 503. The van der Waals surface area contributed by atoms with Crippen molar-refractivity contribution in [2.24, 2.45) is 5.92 Å². The zero-order valence-electron chi connectivity index (χ0n) is 12.9. The fraction of sp³-hybridized carbons (Fsp3) is 0.733. The Morgan fingerprint density at radius 1 is 1.52 bits per heavy atom. The van der Waals surface area contributed by atoms with E-state index < -0.39 is 0 Å². The highest BCUT2D eigenvalue weighted by molar-refractivity contribution is 7.09. The maximum atomic E-state index is 11.8. The molecular weight excluding hydrogens is 286 g/mol. The van der Waals surface area contributed by atoms with Crippen LogP contribution >= 0.6 is 11.3 Å². The van der Waals surface area contributed by atoms with E-state index in [4.69, 9.17) is 4.74 Å². The second-order valence-electron chi connectivity index (χ2n) is 6.34. The lowest BCUT2D eigenvalue weighted by atomic mass is 10.0. The molecule has 5 nitrogen and oxygen atoms in total. The maximum Gasteiger partial charge on any atom is 0.224 e. The van der Waals surface area contributed by atoms with Crippen LogP contribution in [0.25, 0.3) is 0 Å². The number of amides is 1. The normalized spacial score (nSPS) is 28.8. The quantitative estimate of drug-likeness (QED) is 0.846. The molecule has 0 aliphatic carbocycles. The molecule has 2 fully saturated rings. The summed E-state index contributed by atoms with van der Waals surface area (Å²) in [5.74, 6) is 0.746. The van der Waals surface area contributed by atoms with E-state index in [1.807, 2.05) is 5.51 Å². The first-order valence-electron chi connectivity index (χ1n) is 7.50. The summed E-state index contributed by atoms with van der Waals surface area (Å²) in [6.07, 6.45) is 1.96. The third-order valence-corrected chi connectivity index (χ3v) is 5.42. The third-order valence-electron chi connectivity index (χ3n) is 4.50. The fourth-order valence-corrected chi connectivity index (χ4v) is 4.09. The van der Waals surface area contributed by atoms with Gasteiger partial charge in [-0.2, -0.15) is 0 Å². The predicted molar refractivity (Wildman–Crippen MR) is 82.2 cm³/mol. The van der Waals surface area contributed by atoms with E-state index in [9.17, 15) is 4.79 Å². The molecule has 2 aliphatic heterocycles. The highest BCUT2D eigenvalue weighted by Crippen LogP contribution is 2.35. The first-order chi connectivity index (χ1) is 10.0. The van der Waals surface area contributed by atoms with Crippen LogP contribution in [-0.4, -0.2) is 60.1 Å². The molecule has 0 aromatic carbocycles. The number of nitrogens with zero attached hydrogens (tertiary/aromatic N) is 3. The van der Waals surface area contributed by atoms with Crippen LogP contribution < -0.4 is 0 Å². The summed E-state index contributed by atoms with van der Waals surface area (Å²) in [5.41, 5.74) is 3.06. The second kappa shape index (κ2) is 6.02. The van der Waals surface area contributed by atoms with Crippen molar-refractivity contribution >= 4 is 17.2 Å². The summed E-state index contributed by atoms with van der Waals surface area (Å²) in [4.78, 5) is 21.5. The minimum absolute atomic E-state index is 0.113. The Labute approximate surface area is 129 Å². The number of rotatable bonds is 4. The molecule has 1 aromatic rings. The Hall–Kier alpha value is -0.980. The summed E-state index contributed by atoms with van der Waals surface area (Å²) in [5, 5.41) is 0. The highest BCUT2D eigenvalue weighted by atomic mass is 32.1. The summed E-state index contributed by atoms with van der Waals surface area (Å²) >= 11 is 1.73. The number of carbonyl (C=O) groups is 1. The number of fused-ring (bicyclic) bond motifs is 1. The largest absolute Gasteiger partial charge is 0.373 e. The van der Waals surface area contributed by atoms with Crippen molar-refractivity contribution in [3.63, 3.8) is 0 Å². The van der Waals surface area contributed by atoms with Crippen molar-refractivity contribution in [1.29, 1.82) is 0 Å². The van der Waals surface area contributed by atoms with E-state index in [0.29, 0.717) is 18.4 Å². The van der Waals surface area contributed by atoms with Gasteiger partial charge in [0.05, 0.1) is 29.8 Å². The number of thiazole rings is 1. The summed E-state index contributed by atoms with van der Waals surface area (Å²) in [7, 11) is 3.61. The maximum absolute atomic E-state index is 11.8. The smallest absolute Gasteiger partial charge is 0.224 e. The Morgan fingerprint density at radius 2 is 2.33 bits per heavy atom. The summed E-state index contributed by atoms with van der Waals surface area (Å²) in [6, 6.07) is 0. The van der Waals surface area contributed by atoms with Gasteiger partial charge in [-0.15, -0.1) is 11.3 Å². The topological polar surface area (TPSA) is 45.7 Å². The van der Waals surface area contributed by atoms with Gasteiger partial charge in [-0.1, -0.05) is 0 Å². The molecule has 6 heteroatoms. The van der Waals surface area contributed by atoms with Gasteiger partial charge in [0.1, 0.15) is 0 Å². The van der Waals surface area contributed by atoms with Crippen LogP contribution in [0.3, 0.4) is 0 Å². The minimum atomic E-state index is 0.113. The molecule has 0 N–H and O–H groups in total. The first kappa shape index (κ1) is 14.9. The van der Waals surface area contributed by atoms with Crippen molar-refractivity contribution in [3.8, 4) is 0 Å². The van der Waals surface area contributed by atoms with Gasteiger partial charge in [0.25, 0.3) is 0 Å². The standard InChI is InChI=1S/C15H23N3O2S/c1-10-14(21-9-16-10)8-18-6-11-4-12(20-13(11)7-18)5-15(19)17(2)3/h9,11-13H,4-8H2,1-3H3/t11-,12+,13+/m0/s1. The Kier molecular flexibility index (Phi) is 4.28. The van der Waals surface area contributed by atoms with Gasteiger partial charge in [0.2, 0.25) is 5.91 Å². The average molecular weight is 309 g/mol. The molecule has 2 aliphatic rings. The molecule has 0 unspecified atom stereocenters. The van der Waals surface area contributed by atoms with Crippen molar-refractivity contribution in [1.82, 2.24) is 14.8 Å². The Morgan fingerprint density at radius 3 is 2.95 bits per heavy atom. The SMILES string of the molecule is Cc1ncsc1CN1C[C@@H]2C[C@H](CC(=O)N(C)C)O[C@@H]2C1. The molecule has 0 saturated carbocycles. The number of ether oxygens (including phenoxy) is 1. The minimum Gasteiger partial charge on any atom is -0.373 e. The lowest BCUT2D eigenvalue weighted by molar-refractivity contribution is -0.131. The number of hydrogen-bond acceptors (Lipinski definition) is 5. The van der Waals surface area contributed by atoms with Crippen molar-refractivity contribution in [2.75, 3.05) is 27.2 Å². The average Bonchev–Trinajstić information content (AvgIpc) is 3.06. The molecule has 3 heterocycles. The second-order valence-corrected chi connectivity index (χ2v) is 7.28. The van der Waals surface area contributed by atoms with Gasteiger partial charge in [0.15, 0.2) is 0 Å². The van der Waals surface area contributed by atoms with E-state index in [-0.39, 0.29) is 12.0 Å². The van der Waals surface area contributed by atoms with Crippen molar-refractivity contribution in [2.45, 2.75) is 38.5 Å². The molecular formula is C15H23N3O2S. The molecule has 0 bridgehead atoms. The number of aromatic nitrogens is 1. The first-order valence-corrected chi connectivity index (χ1v) is 8.38. The molecule has 1 aromatic heterocycles. The molecule has 1 amide bonds. The fourth-order valence-electron chi connectivity index (χ4n) is 3.27. The van der Waals surface area contributed by atoms with Crippen LogP contribution in [0.5, 0.6) is 0 Å². The predicted octanol–water partition coefficient (Wildman–Crippen LogP) is 1.52. The summed E-state index contributed by atoms with van der Waals surface area (Å²) in [6.45, 7) is 5.11. The van der Waals surface area contributed by atoms with Gasteiger partial charge in [0, 0.05) is 44.5 Å². The van der Waals surface area contributed by atoms with Crippen LogP contribution in [0, 0.1) is 12.8 Å². The van der Waals surface area contributed by atoms with E-state index in [1.54, 1.807) is 30.3 Å². The van der Waals surface area contributed by atoms with Gasteiger partial charge in [-0.05, 0) is 13.3 Å². The third kappa shape index (κ3) is 3.27. The van der Waals surface area contributed by atoms with Crippen LogP contribution in [0.2, 0.25) is 0 Å². The van der Waals surface area contributed by atoms with Crippen LogP contribution in [-0.2, 0) is 16.1 Å². The summed E-state index contributed by atoms with van der Waals surface area (Å²) < 4.78 is 6.08. The monoisotopic (exact) mass is 309 g/mol. The van der Waals surface area contributed by atoms with Gasteiger partial charge >= 0.3 is 0 Å². The highest BCUT2D eigenvalue weighted by Gasteiger charge is 2.42. The molecule has 116 valence electrons. The van der Waals surface area contributed by atoms with Crippen LogP contribution in [0.1, 0.15) is 23.4 Å². The van der Waals surface area contributed by atoms with E-state index >= 15 is 0 Å². The van der Waals surface area contributed by atoms with E-state index in [0.717, 1.165) is 31.7 Å². The van der Waals surface area contributed by atoms with Crippen LogP contribution in [0.15, 0.2) is 5.51 Å². The zero-order chi connectivity index (χ0) is 15.0. The van der Waals surface area contributed by atoms with Gasteiger partial charge in [-0.25, -0.2) is 4.98 Å².